The van der Waals surface area contributed by atoms with Gasteiger partial charge in [-0.15, -0.1) is 11.3 Å². The van der Waals surface area contributed by atoms with E-state index in [4.69, 9.17) is 0 Å². The van der Waals surface area contributed by atoms with Crippen molar-refractivity contribution in [1.82, 2.24) is 15.1 Å². The van der Waals surface area contributed by atoms with Gasteiger partial charge in [-0.2, -0.15) is 5.10 Å². The van der Waals surface area contributed by atoms with Gasteiger partial charge in [-0.3, -0.25) is 4.68 Å². The van der Waals surface area contributed by atoms with E-state index in [2.05, 4.69) is 53.2 Å². The number of fused-ring (bicyclic) bond motifs is 1. The molecule has 2 heterocycles. The zero-order valence-corrected chi connectivity index (χ0v) is 12.7. The fourth-order valence-corrected chi connectivity index (χ4v) is 3.63. The van der Waals surface area contributed by atoms with E-state index in [9.17, 15) is 0 Å². The van der Waals surface area contributed by atoms with Crippen LogP contribution in [0, 0.1) is 0 Å². The molecule has 0 amide bonds. The van der Waals surface area contributed by atoms with E-state index in [-0.39, 0.29) is 0 Å². The van der Waals surface area contributed by atoms with Crippen molar-refractivity contribution in [1.29, 1.82) is 0 Å². The standard InChI is InChI=1S/C16H19N3S/c1-3-17-15(8-12-9-18-19(2)10-12)14-11-20-16-7-5-4-6-13(14)16/h4-7,9-11,15,17H,3,8H2,1-2H3. The molecule has 0 aliphatic carbocycles. The number of benzene rings is 1. The molecule has 1 unspecified atom stereocenters. The molecule has 0 bridgehead atoms. The Morgan fingerprint density at radius 1 is 1.35 bits per heavy atom. The highest BCUT2D eigenvalue weighted by atomic mass is 32.1. The second-order valence-electron chi connectivity index (χ2n) is 5.02. The van der Waals surface area contributed by atoms with Gasteiger partial charge in [0.1, 0.15) is 0 Å². The first-order valence-corrected chi connectivity index (χ1v) is 7.83. The van der Waals surface area contributed by atoms with Gasteiger partial charge >= 0.3 is 0 Å². The molecule has 0 aliphatic heterocycles. The SMILES string of the molecule is CCNC(Cc1cnn(C)c1)c1csc2ccccc12. The molecule has 1 aromatic carbocycles. The zero-order chi connectivity index (χ0) is 13.9. The van der Waals surface area contributed by atoms with Crippen LogP contribution in [0.5, 0.6) is 0 Å². The smallest absolute Gasteiger partial charge is 0.0522 e. The van der Waals surface area contributed by atoms with Crippen molar-refractivity contribution in [2.75, 3.05) is 6.54 Å². The molecular formula is C16H19N3S. The highest BCUT2D eigenvalue weighted by Gasteiger charge is 2.16. The summed E-state index contributed by atoms with van der Waals surface area (Å²) in [6.45, 7) is 3.12. The largest absolute Gasteiger partial charge is 0.310 e. The molecule has 2 aromatic heterocycles. The molecule has 1 N–H and O–H groups in total. The summed E-state index contributed by atoms with van der Waals surface area (Å²) in [6.07, 6.45) is 5.03. The summed E-state index contributed by atoms with van der Waals surface area (Å²) >= 11 is 1.82. The maximum atomic E-state index is 4.26. The topological polar surface area (TPSA) is 29.9 Å². The van der Waals surface area contributed by atoms with Crippen molar-refractivity contribution in [3.63, 3.8) is 0 Å². The van der Waals surface area contributed by atoms with Gasteiger partial charge in [-0.1, -0.05) is 25.1 Å². The Balaban J connectivity index is 1.93. The molecule has 0 fully saturated rings. The molecule has 0 saturated heterocycles. The van der Waals surface area contributed by atoms with E-state index in [1.165, 1.54) is 21.2 Å². The molecule has 0 spiro atoms. The van der Waals surface area contributed by atoms with Gasteiger partial charge in [-0.05, 0) is 40.9 Å². The van der Waals surface area contributed by atoms with Crippen molar-refractivity contribution in [2.45, 2.75) is 19.4 Å². The Labute approximate surface area is 123 Å². The average Bonchev–Trinajstić information content (AvgIpc) is 3.04. The van der Waals surface area contributed by atoms with E-state index in [1.807, 2.05) is 29.3 Å². The highest BCUT2D eigenvalue weighted by molar-refractivity contribution is 7.17. The minimum Gasteiger partial charge on any atom is -0.310 e. The molecule has 0 aliphatic rings. The third kappa shape index (κ3) is 2.62. The number of rotatable bonds is 5. The minimum absolute atomic E-state index is 0.348. The molecular weight excluding hydrogens is 266 g/mol. The number of nitrogens with zero attached hydrogens (tertiary/aromatic N) is 2. The average molecular weight is 285 g/mol. The van der Waals surface area contributed by atoms with Crippen LogP contribution in [0.25, 0.3) is 10.1 Å². The number of nitrogens with one attached hydrogen (secondary N) is 1. The van der Waals surface area contributed by atoms with E-state index in [1.54, 1.807) is 0 Å². The Morgan fingerprint density at radius 2 is 2.20 bits per heavy atom. The van der Waals surface area contributed by atoms with Crippen LogP contribution in [0.15, 0.2) is 42.0 Å². The Kier molecular flexibility index (Phi) is 3.85. The van der Waals surface area contributed by atoms with Crippen LogP contribution in [-0.2, 0) is 13.5 Å². The van der Waals surface area contributed by atoms with Crippen molar-refractivity contribution in [3.05, 3.63) is 53.2 Å². The van der Waals surface area contributed by atoms with Gasteiger partial charge in [0.25, 0.3) is 0 Å². The minimum atomic E-state index is 0.348. The van der Waals surface area contributed by atoms with Crippen LogP contribution in [-0.4, -0.2) is 16.3 Å². The van der Waals surface area contributed by atoms with Crippen LogP contribution in [0.3, 0.4) is 0 Å². The lowest BCUT2D eigenvalue weighted by Gasteiger charge is -2.17. The summed E-state index contributed by atoms with van der Waals surface area (Å²) in [5.74, 6) is 0. The van der Waals surface area contributed by atoms with Crippen molar-refractivity contribution in [3.8, 4) is 0 Å². The number of hydrogen-bond donors (Lipinski definition) is 1. The summed E-state index contributed by atoms with van der Waals surface area (Å²) < 4.78 is 3.22. The number of likely N-dealkylation sites (N-methyl/N-ethyl adjacent to an activating group) is 1. The summed E-state index contributed by atoms with van der Waals surface area (Å²) in [6, 6.07) is 8.98. The third-order valence-corrected chi connectivity index (χ3v) is 4.52. The monoisotopic (exact) mass is 285 g/mol. The van der Waals surface area contributed by atoms with Crippen molar-refractivity contribution in [2.24, 2.45) is 7.05 Å². The molecule has 0 saturated carbocycles. The summed E-state index contributed by atoms with van der Waals surface area (Å²) in [5.41, 5.74) is 2.67. The first-order valence-electron chi connectivity index (χ1n) is 6.95. The maximum Gasteiger partial charge on any atom is 0.0522 e. The maximum absolute atomic E-state index is 4.26. The van der Waals surface area contributed by atoms with E-state index in [0.717, 1.165) is 13.0 Å². The van der Waals surface area contributed by atoms with E-state index < -0.39 is 0 Å². The number of aryl methyl sites for hydroxylation is 1. The predicted octanol–water partition coefficient (Wildman–Crippen LogP) is 3.53. The second-order valence-corrected chi connectivity index (χ2v) is 5.94. The normalized spacial score (nSPS) is 12.9. The lowest BCUT2D eigenvalue weighted by Crippen LogP contribution is -2.22. The highest BCUT2D eigenvalue weighted by Crippen LogP contribution is 2.31. The van der Waals surface area contributed by atoms with E-state index >= 15 is 0 Å². The third-order valence-electron chi connectivity index (χ3n) is 3.54. The Hall–Kier alpha value is -1.65. The van der Waals surface area contributed by atoms with Crippen molar-refractivity contribution >= 4 is 21.4 Å². The Bertz CT molecular complexity index is 698. The molecule has 20 heavy (non-hydrogen) atoms. The first kappa shape index (κ1) is 13.3. The first-order chi connectivity index (χ1) is 9.78. The summed E-state index contributed by atoms with van der Waals surface area (Å²) in [7, 11) is 1.96. The second kappa shape index (κ2) is 5.77. The van der Waals surface area contributed by atoms with Crippen LogP contribution >= 0.6 is 11.3 Å². The zero-order valence-electron chi connectivity index (χ0n) is 11.8. The van der Waals surface area contributed by atoms with Crippen molar-refractivity contribution < 1.29 is 0 Å². The number of thiophene rings is 1. The molecule has 104 valence electrons. The van der Waals surface area contributed by atoms with Gasteiger partial charge < -0.3 is 5.32 Å². The molecule has 3 nitrogen and oxygen atoms in total. The fourth-order valence-electron chi connectivity index (χ4n) is 2.62. The predicted molar refractivity (Wildman–Crippen MR) is 85.2 cm³/mol. The Morgan fingerprint density at radius 3 is 2.95 bits per heavy atom. The molecule has 3 aromatic rings. The molecule has 1 atom stereocenters. The molecule has 0 radical (unpaired) electrons. The molecule has 3 rings (SSSR count). The van der Waals surface area contributed by atoms with E-state index in [0.29, 0.717) is 6.04 Å². The molecule has 4 heteroatoms. The van der Waals surface area contributed by atoms with Crippen LogP contribution in [0.4, 0.5) is 0 Å². The van der Waals surface area contributed by atoms with Crippen LogP contribution < -0.4 is 5.32 Å². The number of aromatic nitrogens is 2. The van der Waals surface area contributed by atoms with Crippen LogP contribution in [0.1, 0.15) is 24.1 Å². The lowest BCUT2D eigenvalue weighted by atomic mass is 10.00. The van der Waals surface area contributed by atoms with Crippen LogP contribution in [0.2, 0.25) is 0 Å². The lowest BCUT2D eigenvalue weighted by molar-refractivity contribution is 0.554. The van der Waals surface area contributed by atoms with Gasteiger partial charge in [-0.25, -0.2) is 0 Å². The number of hydrogen-bond acceptors (Lipinski definition) is 3. The van der Waals surface area contributed by atoms with Gasteiger partial charge in [0.2, 0.25) is 0 Å². The summed E-state index contributed by atoms with van der Waals surface area (Å²) in [4.78, 5) is 0. The van der Waals surface area contributed by atoms with Gasteiger partial charge in [0, 0.05) is 24.0 Å². The quantitative estimate of drug-likeness (QED) is 0.777. The summed E-state index contributed by atoms with van der Waals surface area (Å²) in [5, 5.41) is 11.5. The fraction of sp³-hybridized carbons (Fsp3) is 0.312. The van der Waals surface area contributed by atoms with Gasteiger partial charge in [0.15, 0.2) is 0 Å². The van der Waals surface area contributed by atoms with Gasteiger partial charge in [0.05, 0.1) is 6.20 Å².